The van der Waals surface area contributed by atoms with E-state index >= 15 is 0 Å². The highest BCUT2D eigenvalue weighted by Gasteiger charge is 2.32. The summed E-state index contributed by atoms with van der Waals surface area (Å²) in [5, 5.41) is 1.18. The number of carbonyl (C=O) groups is 1. The number of fused-ring (bicyclic) bond motifs is 1. The number of allylic oxidation sites excluding steroid dienone is 1. The van der Waals surface area contributed by atoms with Crippen molar-refractivity contribution in [1.82, 2.24) is 4.90 Å². The van der Waals surface area contributed by atoms with E-state index in [1.807, 2.05) is 41.6 Å². The number of carbonyl (C=O) groups excluding carboxylic acids is 1. The van der Waals surface area contributed by atoms with E-state index in [4.69, 9.17) is 28.9 Å². The summed E-state index contributed by atoms with van der Waals surface area (Å²) < 4.78 is 0. The number of Topliss-reactive ketones (excluding diaryl/α,β-unsaturated/α-hetero) is 1. The molecule has 2 unspecified atom stereocenters. The van der Waals surface area contributed by atoms with Crippen LogP contribution in [0.5, 0.6) is 0 Å². The molecule has 3 rings (SSSR count). The second-order valence-electron chi connectivity index (χ2n) is 5.38. The van der Waals surface area contributed by atoms with E-state index < -0.39 is 6.17 Å². The number of halogens is 2. The highest BCUT2D eigenvalue weighted by atomic mass is 35.5. The molecule has 0 amide bonds. The molecule has 6 heteroatoms. The van der Waals surface area contributed by atoms with Crippen LogP contribution in [0.2, 0.25) is 10.0 Å². The summed E-state index contributed by atoms with van der Waals surface area (Å²) in [6, 6.07) is 5.35. The molecule has 22 heavy (non-hydrogen) atoms. The van der Waals surface area contributed by atoms with Crippen molar-refractivity contribution in [2.24, 2.45) is 16.6 Å². The van der Waals surface area contributed by atoms with Crippen molar-refractivity contribution < 1.29 is 4.79 Å². The molecule has 0 aromatic heterocycles. The molecule has 0 fully saturated rings. The number of nitrogens with zero attached hydrogens (tertiary/aromatic N) is 2. The van der Waals surface area contributed by atoms with Gasteiger partial charge in [-0.2, -0.15) is 0 Å². The maximum atomic E-state index is 12.1. The summed E-state index contributed by atoms with van der Waals surface area (Å²) in [5.41, 5.74) is 7.42. The molecule has 0 saturated carbocycles. The largest absolute Gasteiger partial charge is 0.353 e. The highest BCUT2D eigenvalue weighted by molar-refractivity contribution is 6.34. The highest BCUT2D eigenvalue weighted by Crippen LogP contribution is 2.22. The predicted molar refractivity (Wildman–Crippen MR) is 89.9 cm³/mol. The molecule has 0 spiro atoms. The Kier molecular flexibility index (Phi) is 4.34. The van der Waals surface area contributed by atoms with E-state index in [0.717, 1.165) is 11.3 Å². The average Bonchev–Trinajstić information content (AvgIpc) is 2.44. The van der Waals surface area contributed by atoms with Crippen LogP contribution in [0.3, 0.4) is 0 Å². The third-order valence-electron chi connectivity index (χ3n) is 3.64. The quantitative estimate of drug-likeness (QED) is 0.903. The Balaban J connectivity index is 1.77. The molecule has 2 aliphatic rings. The van der Waals surface area contributed by atoms with Gasteiger partial charge in [0.15, 0.2) is 0 Å². The number of nitrogens with two attached hydrogens (primary N) is 1. The van der Waals surface area contributed by atoms with Crippen LogP contribution in [0.15, 0.2) is 41.7 Å². The van der Waals surface area contributed by atoms with Crippen molar-refractivity contribution in [3.63, 3.8) is 0 Å². The minimum absolute atomic E-state index is 0.144. The van der Waals surface area contributed by atoms with Gasteiger partial charge in [0.25, 0.3) is 0 Å². The van der Waals surface area contributed by atoms with Gasteiger partial charge in [-0.1, -0.05) is 23.2 Å². The first-order valence-electron chi connectivity index (χ1n) is 6.95. The molecule has 2 N–H and O–H groups in total. The van der Waals surface area contributed by atoms with Crippen LogP contribution in [0.1, 0.15) is 12.0 Å². The molecule has 1 aromatic rings. The van der Waals surface area contributed by atoms with Gasteiger partial charge in [0.1, 0.15) is 11.9 Å². The number of benzene rings is 1. The van der Waals surface area contributed by atoms with Crippen molar-refractivity contribution in [2.75, 3.05) is 6.54 Å². The van der Waals surface area contributed by atoms with Crippen LogP contribution in [0.25, 0.3) is 6.08 Å². The number of hydrogen-bond acceptors (Lipinski definition) is 4. The SMILES string of the molecule is NC1CC(=O)C2CN(C=Cc3cc(Cl)cc(Cl)c3)C=CC2=N1. The Morgan fingerprint density at radius 1 is 1.27 bits per heavy atom. The molecular formula is C16H15Cl2N3O. The van der Waals surface area contributed by atoms with Crippen LogP contribution in [-0.4, -0.2) is 29.1 Å². The van der Waals surface area contributed by atoms with Gasteiger partial charge in [-0.25, -0.2) is 0 Å². The van der Waals surface area contributed by atoms with Crippen molar-refractivity contribution in [2.45, 2.75) is 12.6 Å². The van der Waals surface area contributed by atoms with Gasteiger partial charge in [-0.15, -0.1) is 0 Å². The summed E-state index contributed by atoms with van der Waals surface area (Å²) in [4.78, 5) is 18.4. The second kappa shape index (κ2) is 6.24. The average molecular weight is 336 g/mol. The molecule has 0 aliphatic carbocycles. The number of rotatable bonds is 2. The van der Waals surface area contributed by atoms with Crippen molar-refractivity contribution >= 4 is 40.8 Å². The topological polar surface area (TPSA) is 58.7 Å². The predicted octanol–water partition coefficient (Wildman–Crippen LogP) is 3.11. The fourth-order valence-corrected chi connectivity index (χ4v) is 3.15. The lowest BCUT2D eigenvalue weighted by Crippen LogP contribution is -2.42. The zero-order valence-corrected chi connectivity index (χ0v) is 13.3. The van der Waals surface area contributed by atoms with Crippen LogP contribution in [0.4, 0.5) is 0 Å². The molecule has 2 atom stereocenters. The van der Waals surface area contributed by atoms with E-state index in [0.29, 0.717) is 23.0 Å². The first-order valence-corrected chi connectivity index (χ1v) is 7.71. The van der Waals surface area contributed by atoms with E-state index in [1.54, 1.807) is 6.07 Å². The van der Waals surface area contributed by atoms with Gasteiger partial charge in [-0.05, 0) is 35.9 Å². The molecule has 0 bridgehead atoms. The summed E-state index contributed by atoms with van der Waals surface area (Å²) in [5.74, 6) is -0.0524. The number of aliphatic imine (C=N–C) groups is 1. The third kappa shape index (κ3) is 3.40. The van der Waals surface area contributed by atoms with E-state index in [-0.39, 0.29) is 11.7 Å². The molecular weight excluding hydrogens is 321 g/mol. The number of ketones is 1. The van der Waals surface area contributed by atoms with Crippen LogP contribution in [0, 0.1) is 5.92 Å². The van der Waals surface area contributed by atoms with Crippen molar-refractivity contribution in [1.29, 1.82) is 0 Å². The van der Waals surface area contributed by atoms with E-state index in [9.17, 15) is 4.79 Å². The minimum Gasteiger partial charge on any atom is -0.353 e. The summed E-state index contributed by atoms with van der Waals surface area (Å²) in [6.07, 6.45) is 7.45. The molecule has 2 aliphatic heterocycles. The zero-order chi connectivity index (χ0) is 15.7. The van der Waals surface area contributed by atoms with Gasteiger partial charge >= 0.3 is 0 Å². The molecule has 0 radical (unpaired) electrons. The van der Waals surface area contributed by atoms with Gasteiger partial charge in [0, 0.05) is 35.4 Å². The van der Waals surface area contributed by atoms with Crippen LogP contribution < -0.4 is 5.73 Å². The van der Waals surface area contributed by atoms with Crippen molar-refractivity contribution in [3.8, 4) is 0 Å². The Bertz CT molecular complexity index is 676. The maximum Gasteiger partial charge on any atom is 0.147 e. The molecule has 0 saturated heterocycles. The summed E-state index contributed by atoms with van der Waals surface area (Å²) >= 11 is 12.0. The van der Waals surface area contributed by atoms with Crippen LogP contribution in [-0.2, 0) is 4.79 Å². The van der Waals surface area contributed by atoms with Gasteiger partial charge in [-0.3, -0.25) is 9.79 Å². The Morgan fingerprint density at radius 3 is 2.73 bits per heavy atom. The first kappa shape index (κ1) is 15.3. The lowest BCUT2D eigenvalue weighted by molar-refractivity contribution is -0.121. The van der Waals surface area contributed by atoms with Crippen LogP contribution >= 0.6 is 23.2 Å². The standard InChI is InChI=1S/C16H15Cl2N3O/c17-11-5-10(6-12(18)7-11)1-3-21-4-2-14-13(9-21)15(22)8-16(19)20-14/h1-7,13,16H,8-9,19H2. The van der Waals surface area contributed by atoms with E-state index in [2.05, 4.69) is 4.99 Å². The minimum atomic E-state index is -0.404. The lowest BCUT2D eigenvalue weighted by Gasteiger charge is -2.31. The van der Waals surface area contributed by atoms with E-state index in [1.165, 1.54) is 0 Å². The zero-order valence-electron chi connectivity index (χ0n) is 11.7. The maximum absolute atomic E-state index is 12.1. The molecule has 4 nitrogen and oxygen atoms in total. The second-order valence-corrected chi connectivity index (χ2v) is 6.25. The molecule has 1 aromatic carbocycles. The molecule has 2 heterocycles. The molecule has 114 valence electrons. The summed E-state index contributed by atoms with van der Waals surface area (Å²) in [7, 11) is 0. The van der Waals surface area contributed by atoms with Gasteiger partial charge < -0.3 is 10.6 Å². The van der Waals surface area contributed by atoms with Crippen molar-refractivity contribution in [3.05, 3.63) is 52.3 Å². The Hall–Kier alpha value is -1.62. The monoisotopic (exact) mass is 335 g/mol. The number of hydrogen-bond donors (Lipinski definition) is 1. The summed E-state index contributed by atoms with van der Waals surface area (Å²) in [6.45, 7) is 0.575. The lowest BCUT2D eigenvalue weighted by atomic mass is 9.90. The normalized spacial score (nSPS) is 24.6. The third-order valence-corrected chi connectivity index (χ3v) is 4.08. The Morgan fingerprint density at radius 2 is 2.00 bits per heavy atom. The fourth-order valence-electron chi connectivity index (χ4n) is 2.60. The smallest absolute Gasteiger partial charge is 0.147 e. The fraction of sp³-hybridized carbons (Fsp3) is 0.250. The first-order chi connectivity index (χ1) is 10.5. The Labute approximate surface area is 138 Å². The van der Waals surface area contributed by atoms with Gasteiger partial charge in [0.05, 0.1) is 11.6 Å². The van der Waals surface area contributed by atoms with Gasteiger partial charge in [0.2, 0.25) is 0 Å².